The summed E-state index contributed by atoms with van der Waals surface area (Å²) < 4.78 is 64.2. The van der Waals surface area contributed by atoms with E-state index >= 15 is 0 Å². The van der Waals surface area contributed by atoms with E-state index in [1.165, 1.54) is 19.1 Å². The fourth-order valence-corrected chi connectivity index (χ4v) is 3.38. The molecule has 1 N–H and O–H groups in total. The van der Waals surface area contributed by atoms with Crippen LogP contribution in [0.1, 0.15) is 6.92 Å². The summed E-state index contributed by atoms with van der Waals surface area (Å²) in [6.45, 7) is 1.29. The van der Waals surface area contributed by atoms with Crippen LogP contribution in [-0.4, -0.2) is 26.6 Å². The average molecular weight is 372 g/mol. The molecule has 2 rings (SSSR count). The van der Waals surface area contributed by atoms with E-state index in [4.69, 9.17) is 0 Å². The molecule has 25 heavy (non-hydrogen) atoms. The number of anilines is 2. The van der Waals surface area contributed by atoms with Crippen molar-refractivity contribution in [2.24, 2.45) is 0 Å². The van der Waals surface area contributed by atoms with Crippen LogP contribution in [0.3, 0.4) is 0 Å². The lowest BCUT2D eigenvalue weighted by molar-refractivity contribution is -0.116. The number of amides is 1. The van der Waals surface area contributed by atoms with Crippen LogP contribution in [-0.2, 0) is 14.8 Å². The van der Waals surface area contributed by atoms with Gasteiger partial charge < -0.3 is 5.32 Å². The lowest BCUT2D eigenvalue weighted by atomic mass is 10.2. The zero-order valence-electron chi connectivity index (χ0n) is 13.3. The van der Waals surface area contributed by atoms with Crippen LogP contribution >= 0.6 is 0 Å². The third-order valence-corrected chi connectivity index (χ3v) is 4.60. The first-order valence-corrected chi connectivity index (χ1v) is 8.95. The molecule has 0 fully saturated rings. The van der Waals surface area contributed by atoms with Crippen molar-refractivity contribution in [1.29, 1.82) is 0 Å². The van der Waals surface area contributed by atoms with Gasteiger partial charge in [-0.15, -0.1) is 0 Å². The quantitative estimate of drug-likeness (QED) is 0.878. The Morgan fingerprint density at radius 1 is 1.04 bits per heavy atom. The number of carbonyl (C=O) groups excluding carboxylic acids is 1. The molecule has 0 spiro atoms. The number of halogens is 3. The summed E-state index contributed by atoms with van der Waals surface area (Å²) in [5.74, 6) is -3.59. The molecule has 0 radical (unpaired) electrons. The lowest BCUT2D eigenvalue weighted by Crippen LogP contribution is -2.45. The van der Waals surface area contributed by atoms with Crippen molar-refractivity contribution >= 4 is 27.3 Å². The Labute approximate surface area is 143 Å². The van der Waals surface area contributed by atoms with Gasteiger partial charge in [0.15, 0.2) is 11.6 Å². The molecule has 2 aromatic rings. The predicted octanol–water partition coefficient (Wildman–Crippen LogP) is 2.90. The van der Waals surface area contributed by atoms with Gasteiger partial charge in [0.25, 0.3) is 0 Å². The van der Waals surface area contributed by atoms with E-state index in [-0.39, 0.29) is 11.4 Å². The Balaban J connectivity index is 2.32. The molecule has 0 saturated heterocycles. The molecule has 0 aromatic heterocycles. The number of nitrogens with zero attached hydrogens (tertiary/aromatic N) is 1. The van der Waals surface area contributed by atoms with Gasteiger partial charge in [-0.1, -0.05) is 0 Å². The molecule has 134 valence electrons. The first kappa shape index (κ1) is 18.8. The molecule has 2 aromatic carbocycles. The molecule has 0 saturated carbocycles. The smallest absolute Gasteiger partial charge is 0.247 e. The summed E-state index contributed by atoms with van der Waals surface area (Å²) in [4.78, 5) is 12.3. The van der Waals surface area contributed by atoms with Crippen molar-refractivity contribution < 1.29 is 26.4 Å². The number of hydrogen-bond acceptors (Lipinski definition) is 3. The Morgan fingerprint density at radius 2 is 1.64 bits per heavy atom. The first-order chi connectivity index (χ1) is 11.6. The van der Waals surface area contributed by atoms with Gasteiger partial charge in [0, 0.05) is 11.8 Å². The monoisotopic (exact) mass is 372 g/mol. The number of hydrogen-bond donors (Lipinski definition) is 1. The standard InChI is InChI=1S/C16H15F3N2O3S/c1-10(16(22)20-12-5-3-11(17)4-6-12)21(25(2,23)24)13-7-8-14(18)15(19)9-13/h3-10H,1-2H3,(H,20,22)/t10-/m0/s1. The Bertz CT molecular complexity index is 886. The molecule has 1 atom stereocenters. The number of rotatable bonds is 5. The lowest BCUT2D eigenvalue weighted by Gasteiger charge is -2.28. The van der Waals surface area contributed by atoms with E-state index in [0.29, 0.717) is 10.4 Å². The van der Waals surface area contributed by atoms with E-state index in [2.05, 4.69) is 5.32 Å². The SMILES string of the molecule is C[C@@H](C(=O)Nc1ccc(F)cc1)N(c1ccc(F)c(F)c1)S(C)(=O)=O. The third-order valence-electron chi connectivity index (χ3n) is 3.36. The van der Waals surface area contributed by atoms with Crippen LogP contribution in [0.15, 0.2) is 42.5 Å². The zero-order chi connectivity index (χ0) is 18.8. The second-order valence-electron chi connectivity index (χ2n) is 5.33. The van der Waals surface area contributed by atoms with Gasteiger partial charge in [0.1, 0.15) is 11.9 Å². The van der Waals surface area contributed by atoms with E-state index in [1.807, 2.05) is 0 Å². The highest BCUT2D eigenvalue weighted by atomic mass is 32.2. The third kappa shape index (κ3) is 4.50. The fourth-order valence-electron chi connectivity index (χ4n) is 2.21. The van der Waals surface area contributed by atoms with Gasteiger partial charge in [-0.3, -0.25) is 9.10 Å². The first-order valence-electron chi connectivity index (χ1n) is 7.10. The molecule has 0 aliphatic rings. The Hall–Kier alpha value is -2.55. The van der Waals surface area contributed by atoms with Gasteiger partial charge in [0.2, 0.25) is 15.9 Å². The van der Waals surface area contributed by atoms with Crippen LogP contribution in [0, 0.1) is 17.5 Å². The Kier molecular flexibility index (Phi) is 5.36. The highest BCUT2D eigenvalue weighted by Gasteiger charge is 2.29. The van der Waals surface area contributed by atoms with Crippen LogP contribution in [0.5, 0.6) is 0 Å². The minimum atomic E-state index is -3.97. The van der Waals surface area contributed by atoms with E-state index < -0.39 is 39.4 Å². The van der Waals surface area contributed by atoms with Crippen molar-refractivity contribution in [2.45, 2.75) is 13.0 Å². The van der Waals surface area contributed by atoms with Gasteiger partial charge in [0.05, 0.1) is 11.9 Å². The van der Waals surface area contributed by atoms with Gasteiger partial charge >= 0.3 is 0 Å². The highest BCUT2D eigenvalue weighted by molar-refractivity contribution is 7.92. The molecule has 1 amide bonds. The van der Waals surface area contributed by atoms with E-state index in [1.54, 1.807) is 0 Å². The molecular formula is C16H15F3N2O3S. The van der Waals surface area contributed by atoms with Crippen molar-refractivity contribution in [2.75, 3.05) is 15.9 Å². The normalized spacial score (nSPS) is 12.5. The fraction of sp³-hybridized carbons (Fsp3) is 0.188. The molecular weight excluding hydrogens is 357 g/mol. The van der Waals surface area contributed by atoms with Gasteiger partial charge in [-0.05, 0) is 43.3 Å². The molecule has 0 aliphatic carbocycles. The van der Waals surface area contributed by atoms with Crippen LogP contribution in [0.2, 0.25) is 0 Å². The molecule has 0 bridgehead atoms. The minimum Gasteiger partial charge on any atom is -0.324 e. The molecule has 0 heterocycles. The molecule has 0 unspecified atom stereocenters. The summed E-state index contributed by atoms with van der Waals surface area (Å²) >= 11 is 0. The highest BCUT2D eigenvalue weighted by Crippen LogP contribution is 2.23. The summed E-state index contributed by atoms with van der Waals surface area (Å²) in [5.41, 5.74) is 0.0696. The van der Waals surface area contributed by atoms with Crippen LogP contribution < -0.4 is 9.62 Å². The zero-order valence-corrected chi connectivity index (χ0v) is 14.1. The minimum absolute atomic E-state index is 0.192. The molecule has 0 aliphatic heterocycles. The van der Waals surface area contributed by atoms with Gasteiger partial charge in [-0.2, -0.15) is 0 Å². The van der Waals surface area contributed by atoms with E-state index in [0.717, 1.165) is 30.5 Å². The predicted molar refractivity (Wildman–Crippen MR) is 88.2 cm³/mol. The number of nitrogens with one attached hydrogen (secondary N) is 1. The number of sulfonamides is 1. The molecule has 9 heteroatoms. The largest absolute Gasteiger partial charge is 0.324 e. The Morgan fingerprint density at radius 3 is 2.16 bits per heavy atom. The number of benzene rings is 2. The van der Waals surface area contributed by atoms with Crippen molar-refractivity contribution in [1.82, 2.24) is 0 Å². The van der Waals surface area contributed by atoms with Gasteiger partial charge in [-0.25, -0.2) is 21.6 Å². The van der Waals surface area contributed by atoms with Crippen LogP contribution in [0.4, 0.5) is 24.5 Å². The second-order valence-corrected chi connectivity index (χ2v) is 7.19. The second kappa shape index (κ2) is 7.14. The summed E-state index contributed by atoms with van der Waals surface area (Å²) in [5, 5.41) is 2.44. The van der Waals surface area contributed by atoms with E-state index in [9.17, 15) is 26.4 Å². The van der Waals surface area contributed by atoms with Crippen molar-refractivity contribution in [3.8, 4) is 0 Å². The van der Waals surface area contributed by atoms with Crippen molar-refractivity contribution in [3.63, 3.8) is 0 Å². The summed E-state index contributed by atoms with van der Waals surface area (Å²) in [7, 11) is -3.97. The maximum atomic E-state index is 13.4. The van der Waals surface area contributed by atoms with Crippen LogP contribution in [0.25, 0.3) is 0 Å². The molecule has 5 nitrogen and oxygen atoms in total. The maximum Gasteiger partial charge on any atom is 0.247 e. The summed E-state index contributed by atoms with van der Waals surface area (Å²) in [6, 6.07) is 6.13. The van der Waals surface area contributed by atoms with Crippen molar-refractivity contribution in [3.05, 3.63) is 59.9 Å². The number of carbonyl (C=O) groups is 1. The maximum absolute atomic E-state index is 13.4. The average Bonchev–Trinajstić information content (AvgIpc) is 2.51. The topological polar surface area (TPSA) is 66.5 Å². The summed E-state index contributed by atoms with van der Waals surface area (Å²) in [6.07, 6.45) is 0.843.